The number of amides is 1. The summed E-state index contributed by atoms with van der Waals surface area (Å²) in [6, 6.07) is 13.4. The molecule has 0 aliphatic heterocycles. The molecule has 2 heterocycles. The van der Waals surface area contributed by atoms with Gasteiger partial charge in [0.25, 0.3) is 5.91 Å². The molecule has 0 aliphatic rings. The van der Waals surface area contributed by atoms with Crippen molar-refractivity contribution >= 4 is 34.9 Å². The summed E-state index contributed by atoms with van der Waals surface area (Å²) in [5.41, 5.74) is 3.57. The van der Waals surface area contributed by atoms with Crippen molar-refractivity contribution in [1.82, 2.24) is 14.9 Å². The molecular formula is C24H22Cl2N4O3. The van der Waals surface area contributed by atoms with Crippen molar-refractivity contribution in [1.29, 1.82) is 0 Å². The minimum Gasteiger partial charge on any atom is -0.488 e. The first-order valence-electron chi connectivity index (χ1n) is 10.3. The lowest BCUT2D eigenvalue weighted by Gasteiger charge is -2.12. The molecule has 9 heteroatoms. The fraction of sp³-hybridized carbons (Fsp3) is 0.208. The number of halogens is 2. The van der Waals surface area contributed by atoms with Gasteiger partial charge >= 0.3 is 0 Å². The van der Waals surface area contributed by atoms with Crippen LogP contribution in [0.4, 0.5) is 5.82 Å². The quantitative estimate of drug-likeness (QED) is 0.348. The molecule has 170 valence electrons. The minimum atomic E-state index is -0.489. The third-order valence-corrected chi connectivity index (χ3v) is 5.85. The third-order valence-electron chi connectivity index (χ3n) is 5.21. The number of hydrogen-bond acceptors (Lipinski definition) is 5. The number of nitrogens with one attached hydrogen (secondary N) is 1. The molecule has 0 saturated heterocycles. The summed E-state index contributed by atoms with van der Waals surface area (Å²) < 4.78 is 12.9. The van der Waals surface area contributed by atoms with Gasteiger partial charge in [-0.15, -0.1) is 0 Å². The highest BCUT2D eigenvalue weighted by Crippen LogP contribution is 2.26. The maximum absolute atomic E-state index is 12.9. The van der Waals surface area contributed by atoms with Crippen LogP contribution in [0.2, 0.25) is 10.0 Å². The van der Waals surface area contributed by atoms with Gasteiger partial charge < -0.3 is 14.6 Å². The molecule has 0 aliphatic carbocycles. The van der Waals surface area contributed by atoms with Gasteiger partial charge in [-0.2, -0.15) is 5.10 Å². The van der Waals surface area contributed by atoms with E-state index in [1.807, 2.05) is 50.2 Å². The molecule has 2 aromatic carbocycles. The Morgan fingerprint density at radius 1 is 1.06 bits per heavy atom. The Hall–Kier alpha value is -3.29. The maximum Gasteiger partial charge on any atom is 0.279 e. The first kappa shape index (κ1) is 22.9. The number of benzene rings is 2. The van der Waals surface area contributed by atoms with E-state index in [9.17, 15) is 4.79 Å². The van der Waals surface area contributed by atoms with E-state index in [2.05, 4.69) is 15.6 Å². The first-order chi connectivity index (χ1) is 15.8. The monoisotopic (exact) mass is 484 g/mol. The lowest BCUT2D eigenvalue weighted by Crippen LogP contribution is -2.16. The highest BCUT2D eigenvalue weighted by molar-refractivity contribution is 6.33. The molecule has 4 rings (SSSR count). The van der Waals surface area contributed by atoms with Gasteiger partial charge in [-0.3, -0.25) is 9.48 Å². The molecule has 0 atom stereocenters. The molecule has 1 N–H and O–H groups in total. The Balaban J connectivity index is 1.50. The van der Waals surface area contributed by atoms with Crippen molar-refractivity contribution in [3.63, 3.8) is 0 Å². The summed E-state index contributed by atoms with van der Waals surface area (Å²) in [4.78, 5) is 12.9. The molecule has 4 aromatic rings. The summed E-state index contributed by atoms with van der Waals surface area (Å²) >= 11 is 12.5. The number of ether oxygens (including phenoxy) is 1. The molecule has 7 nitrogen and oxygen atoms in total. The molecular weight excluding hydrogens is 463 g/mol. The zero-order chi connectivity index (χ0) is 23.5. The normalized spacial score (nSPS) is 10.9. The fourth-order valence-corrected chi connectivity index (χ4v) is 3.83. The highest BCUT2D eigenvalue weighted by Gasteiger charge is 2.23. The minimum absolute atomic E-state index is 0.121. The number of para-hydroxylation sites is 1. The van der Waals surface area contributed by atoms with Gasteiger partial charge in [0.05, 0.1) is 12.1 Å². The van der Waals surface area contributed by atoms with Crippen LogP contribution in [0.1, 0.15) is 38.5 Å². The fourth-order valence-electron chi connectivity index (χ4n) is 3.44. The molecule has 33 heavy (non-hydrogen) atoms. The molecule has 1 amide bonds. The van der Waals surface area contributed by atoms with Gasteiger partial charge in [-0.1, -0.05) is 64.8 Å². The summed E-state index contributed by atoms with van der Waals surface area (Å²) in [6.07, 6.45) is 1.62. The van der Waals surface area contributed by atoms with Crippen LogP contribution in [0, 0.1) is 20.8 Å². The second-order valence-electron chi connectivity index (χ2n) is 7.64. The van der Waals surface area contributed by atoms with E-state index < -0.39 is 5.91 Å². The van der Waals surface area contributed by atoms with Crippen molar-refractivity contribution in [3.05, 3.63) is 92.4 Å². The largest absolute Gasteiger partial charge is 0.488 e. The van der Waals surface area contributed by atoms with Crippen LogP contribution in [0.15, 0.2) is 53.2 Å². The van der Waals surface area contributed by atoms with Crippen LogP contribution in [0.5, 0.6) is 5.75 Å². The highest BCUT2D eigenvalue weighted by atomic mass is 35.5. The van der Waals surface area contributed by atoms with Crippen LogP contribution in [-0.2, 0) is 13.2 Å². The first-order valence-corrected chi connectivity index (χ1v) is 11.0. The smallest absolute Gasteiger partial charge is 0.279 e. The van der Waals surface area contributed by atoms with Crippen LogP contribution >= 0.6 is 23.2 Å². The van der Waals surface area contributed by atoms with Gasteiger partial charge in [0.2, 0.25) is 0 Å². The molecule has 0 radical (unpaired) electrons. The lowest BCUT2D eigenvalue weighted by molar-refractivity contribution is 0.101. The van der Waals surface area contributed by atoms with E-state index in [-0.39, 0.29) is 18.1 Å². The molecule has 2 aromatic heterocycles. The van der Waals surface area contributed by atoms with Crippen molar-refractivity contribution in [2.24, 2.45) is 0 Å². The van der Waals surface area contributed by atoms with E-state index in [1.54, 1.807) is 23.9 Å². The molecule has 0 saturated carbocycles. The molecule has 0 unspecified atom stereocenters. The average molecular weight is 485 g/mol. The predicted octanol–water partition coefficient (Wildman–Crippen LogP) is 5.98. The number of carbonyl (C=O) groups is 1. The van der Waals surface area contributed by atoms with Crippen molar-refractivity contribution in [2.75, 3.05) is 5.32 Å². The van der Waals surface area contributed by atoms with E-state index in [4.69, 9.17) is 32.5 Å². The maximum atomic E-state index is 12.9. The van der Waals surface area contributed by atoms with Crippen LogP contribution in [0.3, 0.4) is 0 Å². The zero-order valence-electron chi connectivity index (χ0n) is 18.4. The Kier molecular flexibility index (Phi) is 6.72. The Morgan fingerprint density at radius 2 is 1.79 bits per heavy atom. The van der Waals surface area contributed by atoms with Gasteiger partial charge in [-0.05, 0) is 43.5 Å². The van der Waals surface area contributed by atoms with E-state index in [1.165, 1.54) is 0 Å². The van der Waals surface area contributed by atoms with Gasteiger partial charge in [-0.25, -0.2) is 0 Å². The van der Waals surface area contributed by atoms with Crippen LogP contribution < -0.4 is 10.1 Å². The van der Waals surface area contributed by atoms with E-state index in [0.29, 0.717) is 27.9 Å². The molecule has 0 bridgehead atoms. The number of carbonyl (C=O) groups excluding carboxylic acids is 1. The zero-order valence-corrected chi connectivity index (χ0v) is 19.9. The van der Waals surface area contributed by atoms with Crippen molar-refractivity contribution < 1.29 is 14.1 Å². The van der Waals surface area contributed by atoms with Crippen LogP contribution in [-0.4, -0.2) is 20.8 Å². The Bertz CT molecular complexity index is 1290. The average Bonchev–Trinajstić information content (AvgIpc) is 3.31. The number of hydrogen-bond donors (Lipinski definition) is 1. The van der Waals surface area contributed by atoms with E-state index >= 15 is 0 Å². The van der Waals surface area contributed by atoms with Crippen molar-refractivity contribution in [3.8, 4) is 5.75 Å². The van der Waals surface area contributed by atoms with E-state index in [0.717, 1.165) is 22.4 Å². The third kappa shape index (κ3) is 5.05. The summed E-state index contributed by atoms with van der Waals surface area (Å²) in [5.74, 6) is 1.00. The standard InChI is InChI=1S/C24H22Cl2N4O3/c1-14-7-6-8-15(2)22(14)32-13-18-16(3)33-29-21(18)24(31)27-23-20(26)12-30(28-23)11-17-9-4-5-10-19(17)25/h4-10,12H,11,13H2,1-3H3,(H,27,28,31). The topological polar surface area (TPSA) is 82.2 Å². The SMILES string of the molecule is Cc1cccc(C)c1OCc1c(C(=O)Nc2nn(Cc3ccccc3Cl)cc2Cl)noc1C. The van der Waals surface area contributed by atoms with Crippen LogP contribution in [0.25, 0.3) is 0 Å². The summed E-state index contributed by atoms with van der Waals surface area (Å²) in [7, 11) is 0. The summed E-state index contributed by atoms with van der Waals surface area (Å²) in [5, 5.41) is 11.9. The van der Waals surface area contributed by atoms with Gasteiger partial charge in [0, 0.05) is 11.2 Å². The number of aryl methyl sites for hydroxylation is 3. The molecule has 0 spiro atoms. The predicted molar refractivity (Wildman–Crippen MR) is 127 cm³/mol. The number of nitrogens with zero attached hydrogens (tertiary/aromatic N) is 3. The second kappa shape index (κ2) is 9.68. The van der Waals surface area contributed by atoms with Gasteiger partial charge in [0.15, 0.2) is 11.5 Å². The Morgan fingerprint density at radius 3 is 2.52 bits per heavy atom. The lowest BCUT2D eigenvalue weighted by atomic mass is 10.1. The number of anilines is 1. The summed E-state index contributed by atoms with van der Waals surface area (Å²) in [6.45, 7) is 6.22. The molecule has 0 fully saturated rings. The number of aromatic nitrogens is 3. The Labute approximate surface area is 201 Å². The van der Waals surface area contributed by atoms with Crippen molar-refractivity contribution in [2.45, 2.75) is 33.9 Å². The second-order valence-corrected chi connectivity index (χ2v) is 8.46. The number of rotatable bonds is 7. The van der Waals surface area contributed by atoms with Gasteiger partial charge in [0.1, 0.15) is 23.1 Å².